The van der Waals surface area contributed by atoms with Gasteiger partial charge in [-0.1, -0.05) is 15.9 Å². The van der Waals surface area contributed by atoms with E-state index in [1.165, 1.54) is 0 Å². The van der Waals surface area contributed by atoms with Crippen molar-refractivity contribution in [1.82, 2.24) is 4.98 Å². The summed E-state index contributed by atoms with van der Waals surface area (Å²) in [4.78, 5) is 3.69. The van der Waals surface area contributed by atoms with Crippen LogP contribution < -0.4 is 0 Å². The number of aliphatic hydroxyl groups excluding tert-OH is 1. The van der Waals surface area contributed by atoms with Gasteiger partial charge in [-0.2, -0.15) is 0 Å². The molecule has 5 heteroatoms. The number of halogens is 3. The van der Waals surface area contributed by atoms with Crippen molar-refractivity contribution in [1.29, 1.82) is 0 Å². The Balaban J connectivity index is 3.28. The third-order valence-corrected chi connectivity index (χ3v) is 2.50. The van der Waals surface area contributed by atoms with Gasteiger partial charge in [-0.15, -0.1) is 0 Å². The second-order valence-corrected chi connectivity index (χ2v) is 3.45. The highest BCUT2D eigenvalue weighted by atomic mass is 79.9. The molecule has 78 valence electrons. The largest absolute Gasteiger partial charge is 0.390 e. The Kier molecular flexibility index (Phi) is 3.95. The fourth-order valence-corrected chi connectivity index (χ4v) is 1.96. The van der Waals surface area contributed by atoms with Gasteiger partial charge in [0.1, 0.15) is 5.69 Å². The van der Waals surface area contributed by atoms with Gasteiger partial charge < -0.3 is 5.11 Å². The SMILES string of the molecule is Cc1cc(CO)nc(C(F)F)c1CBr. The quantitative estimate of drug-likeness (QED) is 0.853. The highest BCUT2D eigenvalue weighted by Gasteiger charge is 2.17. The standard InChI is InChI=1S/C9H10BrF2NO/c1-5-2-6(4-14)13-8(9(11)12)7(5)3-10/h2,9,14H,3-4H2,1H3. The van der Waals surface area contributed by atoms with Gasteiger partial charge in [-0.25, -0.2) is 13.8 Å². The number of hydrogen-bond acceptors (Lipinski definition) is 2. The van der Waals surface area contributed by atoms with Crippen LogP contribution in [-0.2, 0) is 11.9 Å². The average molecular weight is 266 g/mol. The molecule has 0 aromatic carbocycles. The molecule has 0 atom stereocenters. The van der Waals surface area contributed by atoms with Crippen LogP contribution in [0.4, 0.5) is 8.78 Å². The van der Waals surface area contributed by atoms with Gasteiger partial charge in [0.05, 0.1) is 12.3 Å². The highest BCUT2D eigenvalue weighted by molar-refractivity contribution is 9.08. The van der Waals surface area contributed by atoms with Gasteiger partial charge in [-0.05, 0) is 24.1 Å². The van der Waals surface area contributed by atoms with Crippen molar-refractivity contribution in [2.45, 2.75) is 25.3 Å². The van der Waals surface area contributed by atoms with Crippen LogP contribution in [0.25, 0.3) is 0 Å². The lowest BCUT2D eigenvalue weighted by Gasteiger charge is -2.10. The van der Waals surface area contributed by atoms with E-state index in [2.05, 4.69) is 20.9 Å². The molecule has 1 N–H and O–H groups in total. The first-order chi connectivity index (χ1) is 6.60. The molecule has 1 aromatic rings. The zero-order chi connectivity index (χ0) is 10.7. The Labute approximate surface area is 89.1 Å². The molecule has 0 fully saturated rings. The molecule has 0 saturated carbocycles. The molecule has 2 nitrogen and oxygen atoms in total. The van der Waals surface area contributed by atoms with E-state index >= 15 is 0 Å². The van der Waals surface area contributed by atoms with E-state index in [0.717, 1.165) is 5.56 Å². The highest BCUT2D eigenvalue weighted by Crippen LogP contribution is 2.25. The molecular formula is C9H10BrF2NO. The summed E-state index contributed by atoms with van der Waals surface area (Å²) >= 11 is 3.14. The van der Waals surface area contributed by atoms with Crippen LogP contribution >= 0.6 is 15.9 Å². The van der Waals surface area contributed by atoms with Gasteiger partial charge in [0.2, 0.25) is 0 Å². The van der Waals surface area contributed by atoms with Crippen molar-refractivity contribution in [3.8, 4) is 0 Å². The summed E-state index contributed by atoms with van der Waals surface area (Å²) in [5.41, 5.74) is 1.25. The van der Waals surface area contributed by atoms with Crippen LogP contribution in [-0.4, -0.2) is 10.1 Å². The summed E-state index contributed by atoms with van der Waals surface area (Å²) < 4.78 is 25.1. The second kappa shape index (κ2) is 4.79. The van der Waals surface area contributed by atoms with Gasteiger partial charge in [0.15, 0.2) is 0 Å². The lowest BCUT2D eigenvalue weighted by Crippen LogP contribution is -2.03. The van der Waals surface area contributed by atoms with Crippen molar-refractivity contribution in [2.75, 3.05) is 0 Å². The average Bonchev–Trinajstić information content (AvgIpc) is 2.16. The molecule has 14 heavy (non-hydrogen) atoms. The Bertz CT molecular complexity index is 331. The maximum atomic E-state index is 12.5. The van der Waals surface area contributed by atoms with E-state index in [4.69, 9.17) is 5.11 Å². The van der Waals surface area contributed by atoms with Crippen LogP contribution in [0.15, 0.2) is 6.07 Å². The number of rotatable bonds is 3. The van der Waals surface area contributed by atoms with Crippen LogP contribution in [0.3, 0.4) is 0 Å². The summed E-state index contributed by atoms with van der Waals surface area (Å²) in [6.45, 7) is 1.41. The van der Waals surface area contributed by atoms with E-state index < -0.39 is 6.43 Å². The number of nitrogens with zero attached hydrogens (tertiary/aromatic N) is 1. The third kappa shape index (κ3) is 2.27. The molecule has 0 bridgehead atoms. The molecule has 0 amide bonds. The van der Waals surface area contributed by atoms with Crippen molar-refractivity contribution in [3.05, 3.63) is 28.6 Å². The predicted molar refractivity (Wildman–Crippen MR) is 52.5 cm³/mol. The zero-order valence-corrected chi connectivity index (χ0v) is 9.18. The molecule has 0 aliphatic carbocycles. The van der Waals surface area contributed by atoms with Crippen LogP contribution in [0.2, 0.25) is 0 Å². The van der Waals surface area contributed by atoms with E-state index in [-0.39, 0.29) is 18.0 Å². The molecule has 0 radical (unpaired) electrons. The molecule has 1 heterocycles. The predicted octanol–water partition coefficient (Wildman–Crippen LogP) is 2.71. The first kappa shape index (κ1) is 11.5. The maximum absolute atomic E-state index is 12.5. The lowest BCUT2D eigenvalue weighted by molar-refractivity contribution is 0.144. The fraction of sp³-hybridized carbons (Fsp3) is 0.444. The second-order valence-electron chi connectivity index (χ2n) is 2.89. The molecular weight excluding hydrogens is 256 g/mol. The Morgan fingerprint density at radius 1 is 1.57 bits per heavy atom. The number of aliphatic hydroxyl groups is 1. The monoisotopic (exact) mass is 265 g/mol. The topological polar surface area (TPSA) is 33.1 Å². The third-order valence-electron chi connectivity index (χ3n) is 1.93. The Morgan fingerprint density at radius 3 is 2.64 bits per heavy atom. The van der Waals surface area contributed by atoms with Gasteiger partial charge in [0, 0.05) is 5.33 Å². The first-order valence-corrected chi connectivity index (χ1v) is 5.16. The zero-order valence-electron chi connectivity index (χ0n) is 7.60. The van der Waals surface area contributed by atoms with Crippen LogP contribution in [0, 0.1) is 6.92 Å². The summed E-state index contributed by atoms with van der Waals surface area (Å²) in [7, 11) is 0. The van der Waals surface area contributed by atoms with E-state index in [9.17, 15) is 8.78 Å². The van der Waals surface area contributed by atoms with E-state index in [1.807, 2.05) is 0 Å². The van der Waals surface area contributed by atoms with Crippen molar-refractivity contribution < 1.29 is 13.9 Å². The van der Waals surface area contributed by atoms with Crippen LogP contribution in [0.1, 0.15) is 28.9 Å². The number of hydrogen-bond donors (Lipinski definition) is 1. The normalized spacial score (nSPS) is 11.0. The molecule has 0 aliphatic heterocycles. The molecule has 1 rings (SSSR count). The molecule has 1 aromatic heterocycles. The van der Waals surface area contributed by atoms with E-state index in [0.29, 0.717) is 10.9 Å². The number of aryl methyl sites for hydroxylation is 1. The van der Waals surface area contributed by atoms with Gasteiger partial charge in [-0.3, -0.25) is 0 Å². The first-order valence-electron chi connectivity index (χ1n) is 4.04. The summed E-state index contributed by atoms with van der Waals surface area (Å²) in [6.07, 6.45) is -2.60. The summed E-state index contributed by atoms with van der Waals surface area (Å²) in [5, 5.41) is 9.16. The Morgan fingerprint density at radius 2 is 2.21 bits per heavy atom. The van der Waals surface area contributed by atoms with Gasteiger partial charge in [0.25, 0.3) is 6.43 Å². The molecule has 0 spiro atoms. The minimum atomic E-state index is -2.60. The maximum Gasteiger partial charge on any atom is 0.280 e. The van der Waals surface area contributed by atoms with Crippen molar-refractivity contribution in [2.24, 2.45) is 0 Å². The minimum Gasteiger partial charge on any atom is -0.390 e. The smallest absolute Gasteiger partial charge is 0.280 e. The van der Waals surface area contributed by atoms with E-state index in [1.54, 1.807) is 13.0 Å². The fourth-order valence-electron chi connectivity index (χ4n) is 1.23. The molecule has 0 aliphatic rings. The molecule has 0 saturated heterocycles. The van der Waals surface area contributed by atoms with Crippen molar-refractivity contribution in [3.63, 3.8) is 0 Å². The molecule has 0 unspecified atom stereocenters. The number of pyridine rings is 1. The number of alkyl halides is 3. The summed E-state index contributed by atoms with van der Waals surface area (Å²) in [5.74, 6) is 0. The van der Waals surface area contributed by atoms with Crippen LogP contribution in [0.5, 0.6) is 0 Å². The number of aromatic nitrogens is 1. The minimum absolute atomic E-state index is 0.245. The van der Waals surface area contributed by atoms with Crippen molar-refractivity contribution >= 4 is 15.9 Å². The lowest BCUT2D eigenvalue weighted by atomic mass is 10.1. The Hall–Kier alpha value is -0.550. The van der Waals surface area contributed by atoms with Gasteiger partial charge >= 0.3 is 0 Å². The summed E-state index contributed by atoms with van der Waals surface area (Å²) in [6, 6.07) is 1.61.